The fraction of sp³-hybridized carbons (Fsp3) is 0.938. The van der Waals surface area contributed by atoms with Crippen LogP contribution in [-0.2, 0) is 23.7 Å². The van der Waals surface area contributed by atoms with Crippen molar-refractivity contribution in [3.63, 3.8) is 0 Å². The number of nitrogens with one attached hydrogen (secondary N) is 1. The van der Waals surface area contributed by atoms with E-state index in [0.29, 0.717) is 59.4 Å². The lowest BCUT2D eigenvalue weighted by Gasteiger charge is -2.19. The molecule has 138 valence electrons. The highest BCUT2D eigenvalue weighted by atomic mass is 16.6. The number of likely N-dealkylation sites (N-methyl/N-ethyl adjacent to an activating group) is 2. The third-order valence-electron chi connectivity index (χ3n) is 3.05. The van der Waals surface area contributed by atoms with Crippen LogP contribution in [-0.4, -0.2) is 90.8 Å². The Balaban J connectivity index is 3.18. The minimum Gasteiger partial charge on any atom is -0.378 e. The second kappa shape index (κ2) is 16.1. The second-order valence-electron chi connectivity index (χ2n) is 5.47. The molecule has 0 aromatic rings. The van der Waals surface area contributed by atoms with Crippen molar-refractivity contribution in [1.82, 2.24) is 10.2 Å². The fourth-order valence-electron chi connectivity index (χ4n) is 1.69. The Labute approximate surface area is 140 Å². The average molecular weight is 334 g/mol. The first-order valence-corrected chi connectivity index (χ1v) is 8.30. The molecule has 23 heavy (non-hydrogen) atoms. The standard InChI is InChI=1S/C16H34N2O5/c1-15(2)16(19)18(4)6-8-21-10-12-23-14-13-22-11-9-20-7-5-17-3/h15,17H,5-14H2,1-4H3. The molecule has 7 nitrogen and oxygen atoms in total. The summed E-state index contributed by atoms with van der Waals surface area (Å²) in [5.74, 6) is 0.161. The summed E-state index contributed by atoms with van der Waals surface area (Å²) in [7, 11) is 3.69. The highest BCUT2D eigenvalue weighted by molar-refractivity contribution is 5.77. The largest absolute Gasteiger partial charge is 0.378 e. The molecule has 0 atom stereocenters. The molecule has 0 aliphatic rings. The van der Waals surface area contributed by atoms with Crippen LogP contribution in [0.5, 0.6) is 0 Å². The number of carbonyl (C=O) groups is 1. The van der Waals surface area contributed by atoms with Crippen LogP contribution in [0.2, 0.25) is 0 Å². The predicted octanol–water partition coefficient (Wildman–Crippen LogP) is 0.387. The van der Waals surface area contributed by atoms with Gasteiger partial charge in [0.25, 0.3) is 0 Å². The zero-order chi connectivity index (χ0) is 17.3. The number of amides is 1. The maximum absolute atomic E-state index is 11.6. The monoisotopic (exact) mass is 334 g/mol. The summed E-state index contributed by atoms with van der Waals surface area (Å²) in [5, 5.41) is 3.01. The Morgan fingerprint density at radius 1 is 0.870 bits per heavy atom. The van der Waals surface area contributed by atoms with E-state index in [9.17, 15) is 4.79 Å². The molecule has 0 aromatic heterocycles. The first kappa shape index (κ1) is 22.3. The van der Waals surface area contributed by atoms with Gasteiger partial charge < -0.3 is 29.2 Å². The molecule has 0 bridgehead atoms. The van der Waals surface area contributed by atoms with Crippen LogP contribution in [0, 0.1) is 5.92 Å². The van der Waals surface area contributed by atoms with Gasteiger partial charge in [0.2, 0.25) is 5.91 Å². The number of nitrogens with zero attached hydrogens (tertiary/aromatic N) is 1. The lowest BCUT2D eigenvalue weighted by Crippen LogP contribution is -2.33. The molecule has 1 N–H and O–H groups in total. The van der Waals surface area contributed by atoms with Crippen LogP contribution in [0.25, 0.3) is 0 Å². The van der Waals surface area contributed by atoms with E-state index in [1.165, 1.54) is 0 Å². The van der Waals surface area contributed by atoms with E-state index >= 15 is 0 Å². The van der Waals surface area contributed by atoms with Gasteiger partial charge in [0.15, 0.2) is 0 Å². The molecule has 0 unspecified atom stereocenters. The van der Waals surface area contributed by atoms with Gasteiger partial charge in [-0.15, -0.1) is 0 Å². The maximum Gasteiger partial charge on any atom is 0.224 e. The van der Waals surface area contributed by atoms with Gasteiger partial charge in [-0.1, -0.05) is 13.8 Å². The molecule has 0 aliphatic heterocycles. The van der Waals surface area contributed by atoms with E-state index in [0.717, 1.165) is 6.54 Å². The lowest BCUT2D eigenvalue weighted by molar-refractivity contribution is -0.133. The Morgan fingerprint density at radius 3 is 1.74 bits per heavy atom. The Bertz CT molecular complexity index is 277. The molecule has 0 aliphatic carbocycles. The van der Waals surface area contributed by atoms with Gasteiger partial charge in [0, 0.05) is 26.1 Å². The predicted molar refractivity (Wildman–Crippen MR) is 89.7 cm³/mol. The highest BCUT2D eigenvalue weighted by Gasteiger charge is 2.11. The van der Waals surface area contributed by atoms with Crippen molar-refractivity contribution in [2.75, 3.05) is 80.0 Å². The zero-order valence-corrected chi connectivity index (χ0v) is 15.1. The summed E-state index contributed by atoms with van der Waals surface area (Å²) in [6.45, 7) is 9.82. The molecule has 7 heteroatoms. The smallest absolute Gasteiger partial charge is 0.224 e. The van der Waals surface area contributed by atoms with Crippen molar-refractivity contribution in [3.8, 4) is 0 Å². The Morgan fingerprint density at radius 2 is 1.30 bits per heavy atom. The molecule has 0 radical (unpaired) electrons. The molecule has 0 heterocycles. The summed E-state index contributed by atoms with van der Waals surface area (Å²) in [4.78, 5) is 13.3. The van der Waals surface area contributed by atoms with Crippen LogP contribution in [0.15, 0.2) is 0 Å². The average Bonchev–Trinajstić information content (AvgIpc) is 2.54. The van der Waals surface area contributed by atoms with E-state index in [4.69, 9.17) is 18.9 Å². The summed E-state index contributed by atoms with van der Waals surface area (Å²) >= 11 is 0. The van der Waals surface area contributed by atoms with E-state index < -0.39 is 0 Å². The molecular weight excluding hydrogens is 300 g/mol. The van der Waals surface area contributed by atoms with Gasteiger partial charge in [-0.05, 0) is 7.05 Å². The minimum atomic E-state index is 0.0250. The van der Waals surface area contributed by atoms with E-state index in [-0.39, 0.29) is 11.8 Å². The molecule has 0 spiro atoms. The van der Waals surface area contributed by atoms with Gasteiger partial charge in [0.1, 0.15) is 0 Å². The van der Waals surface area contributed by atoms with Crippen molar-refractivity contribution in [2.45, 2.75) is 13.8 Å². The molecule has 0 aromatic carbocycles. The van der Waals surface area contributed by atoms with Crippen LogP contribution >= 0.6 is 0 Å². The number of hydrogen-bond donors (Lipinski definition) is 1. The van der Waals surface area contributed by atoms with Gasteiger partial charge >= 0.3 is 0 Å². The van der Waals surface area contributed by atoms with Crippen LogP contribution in [0.3, 0.4) is 0 Å². The van der Waals surface area contributed by atoms with Gasteiger partial charge in [-0.3, -0.25) is 4.79 Å². The van der Waals surface area contributed by atoms with Gasteiger partial charge in [-0.2, -0.15) is 0 Å². The van der Waals surface area contributed by atoms with Crippen LogP contribution in [0.1, 0.15) is 13.8 Å². The second-order valence-corrected chi connectivity index (χ2v) is 5.47. The normalized spacial score (nSPS) is 11.2. The Hall–Kier alpha value is -0.730. The SMILES string of the molecule is CNCCOCCOCCOCCOCCN(C)C(=O)C(C)C. The maximum atomic E-state index is 11.6. The van der Waals surface area contributed by atoms with Crippen molar-refractivity contribution < 1.29 is 23.7 Å². The molecule has 0 saturated carbocycles. The van der Waals surface area contributed by atoms with Crippen LogP contribution in [0.4, 0.5) is 0 Å². The first-order chi connectivity index (χ1) is 11.1. The van der Waals surface area contributed by atoms with Gasteiger partial charge in [-0.25, -0.2) is 0 Å². The topological polar surface area (TPSA) is 69.3 Å². The minimum absolute atomic E-state index is 0.0250. The third kappa shape index (κ3) is 14.6. The highest BCUT2D eigenvalue weighted by Crippen LogP contribution is 1.98. The van der Waals surface area contributed by atoms with E-state index in [2.05, 4.69) is 5.32 Å². The van der Waals surface area contributed by atoms with Crippen molar-refractivity contribution in [1.29, 1.82) is 0 Å². The van der Waals surface area contributed by atoms with E-state index in [1.54, 1.807) is 11.9 Å². The van der Waals surface area contributed by atoms with Crippen molar-refractivity contribution >= 4 is 5.91 Å². The zero-order valence-electron chi connectivity index (χ0n) is 15.1. The number of hydrogen-bond acceptors (Lipinski definition) is 6. The molecule has 0 rings (SSSR count). The van der Waals surface area contributed by atoms with E-state index in [1.807, 2.05) is 20.9 Å². The quantitative estimate of drug-likeness (QED) is 0.412. The number of rotatable bonds is 16. The van der Waals surface area contributed by atoms with Crippen LogP contribution < -0.4 is 5.32 Å². The molecular formula is C16H34N2O5. The summed E-state index contributed by atoms with van der Waals surface area (Å²) in [6.07, 6.45) is 0. The lowest BCUT2D eigenvalue weighted by atomic mass is 10.2. The van der Waals surface area contributed by atoms with Crippen molar-refractivity contribution in [2.24, 2.45) is 5.92 Å². The third-order valence-corrected chi connectivity index (χ3v) is 3.05. The number of ether oxygens (including phenoxy) is 4. The van der Waals surface area contributed by atoms with Gasteiger partial charge in [0.05, 0.1) is 52.9 Å². The summed E-state index contributed by atoms with van der Waals surface area (Å²) in [5.41, 5.74) is 0. The molecule has 0 fully saturated rings. The molecule has 1 amide bonds. The molecule has 0 saturated heterocycles. The van der Waals surface area contributed by atoms with Crippen molar-refractivity contribution in [3.05, 3.63) is 0 Å². The summed E-state index contributed by atoms with van der Waals surface area (Å²) in [6, 6.07) is 0. The fourth-order valence-corrected chi connectivity index (χ4v) is 1.69. The number of carbonyl (C=O) groups excluding carboxylic acids is 1. The summed E-state index contributed by atoms with van der Waals surface area (Å²) < 4.78 is 21.5. The first-order valence-electron chi connectivity index (χ1n) is 8.30. The Kier molecular flexibility index (Phi) is 15.6.